The van der Waals surface area contributed by atoms with Gasteiger partial charge < -0.3 is 29.9 Å². The van der Waals surface area contributed by atoms with Gasteiger partial charge in [0.05, 0.1) is 17.6 Å². The number of rotatable bonds is 1. The molecule has 0 aromatic heterocycles. The minimum Gasteiger partial charge on any atom is -0.392 e. The largest absolute Gasteiger partial charge is 0.392 e. The Hall–Kier alpha value is -0.830. The van der Waals surface area contributed by atoms with Crippen molar-refractivity contribution in [3.63, 3.8) is 0 Å². The molecule has 4 aliphatic carbocycles. The van der Waals surface area contributed by atoms with Crippen molar-refractivity contribution in [3.8, 4) is 0 Å². The molecule has 0 amide bonds. The SMILES string of the molecule is C=C1C(=O)[C@]23[C@@H](O)[C@H]1CC[C@H]2[C@]12[C@@H](OC)O[C@]3(O)[C@@H](O)[C@@H]1C(C)(C)CC[C@@H]2O. The molecule has 6 rings (SSSR count). The van der Waals surface area contributed by atoms with Gasteiger partial charge in [-0.2, -0.15) is 0 Å². The van der Waals surface area contributed by atoms with Crippen LogP contribution in [0, 0.1) is 34.0 Å². The molecule has 0 unspecified atom stereocenters. The van der Waals surface area contributed by atoms with Crippen molar-refractivity contribution in [2.75, 3.05) is 7.11 Å². The molecule has 6 aliphatic rings. The molecule has 2 saturated heterocycles. The summed E-state index contributed by atoms with van der Waals surface area (Å²) in [6.45, 7) is 7.91. The number of hydrogen-bond donors (Lipinski definition) is 4. The molecule has 6 fully saturated rings. The summed E-state index contributed by atoms with van der Waals surface area (Å²) < 4.78 is 11.6. The van der Waals surface area contributed by atoms with Gasteiger partial charge in [0.2, 0.25) is 5.79 Å². The molecule has 2 aliphatic heterocycles. The Morgan fingerprint density at radius 1 is 1.14 bits per heavy atom. The fourth-order valence-corrected chi connectivity index (χ4v) is 8.19. The smallest absolute Gasteiger partial charge is 0.211 e. The number of ketones is 1. The molecule has 2 spiro atoms. The van der Waals surface area contributed by atoms with E-state index in [-0.39, 0.29) is 5.57 Å². The zero-order chi connectivity index (χ0) is 20.4. The lowest BCUT2D eigenvalue weighted by Gasteiger charge is -2.76. The summed E-state index contributed by atoms with van der Waals surface area (Å²) in [4.78, 5) is 13.5. The van der Waals surface area contributed by atoms with Crippen molar-refractivity contribution in [3.05, 3.63) is 12.2 Å². The van der Waals surface area contributed by atoms with Crippen LogP contribution in [-0.2, 0) is 14.3 Å². The molecular weight excluding hydrogens is 364 g/mol. The topological polar surface area (TPSA) is 116 Å². The van der Waals surface area contributed by atoms with E-state index >= 15 is 0 Å². The lowest BCUT2D eigenvalue weighted by Crippen LogP contribution is -2.87. The first kappa shape index (κ1) is 19.2. The number of carbonyl (C=O) groups excluding carboxylic acids is 1. The first-order valence-electron chi connectivity index (χ1n) is 10.2. The lowest BCUT2D eigenvalue weighted by atomic mass is 9.35. The Morgan fingerprint density at radius 2 is 1.82 bits per heavy atom. The van der Waals surface area contributed by atoms with Gasteiger partial charge in [-0.05, 0) is 42.6 Å². The summed E-state index contributed by atoms with van der Waals surface area (Å²) in [7, 11) is 1.45. The predicted molar refractivity (Wildman–Crippen MR) is 96.6 cm³/mol. The molecule has 28 heavy (non-hydrogen) atoms. The number of hydrogen-bond acceptors (Lipinski definition) is 7. The summed E-state index contributed by atoms with van der Waals surface area (Å²) in [5.41, 5.74) is -2.98. The van der Waals surface area contributed by atoms with Crippen LogP contribution in [0.15, 0.2) is 12.2 Å². The first-order chi connectivity index (χ1) is 13.0. The quantitative estimate of drug-likeness (QED) is 0.474. The van der Waals surface area contributed by atoms with Crippen LogP contribution in [-0.4, -0.2) is 63.7 Å². The van der Waals surface area contributed by atoms with Gasteiger partial charge in [0, 0.05) is 18.9 Å². The molecule has 10 atom stereocenters. The highest BCUT2D eigenvalue weighted by Gasteiger charge is 2.89. The van der Waals surface area contributed by atoms with Crippen molar-refractivity contribution in [2.24, 2.45) is 34.0 Å². The van der Waals surface area contributed by atoms with Crippen LogP contribution < -0.4 is 0 Å². The zero-order valence-corrected chi connectivity index (χ0v) is 16.6. The third kappa shape index (κ3) is 1.59. The van der Waals surface area contributed by atoms with Gasteiger partial charge in [-0.3, -0.25) is 4.79 Å². The Bertz CT molecular complexity index is 764. The summed E-state index contributed by atoms with van der Waals surface area (Å²) in [5, 5.41) is 45.9. The van der Waals surface area contributed by atoms with Gasteiger partial charge in [0.25, 0.3) is 0 Å². The number of ether oxygens (including phenoxy) is 2. The van der Waals surface area contributed by atoms with Gasteiger partial charge in [0.1, 0.15) is 11.5 Å². The summed E-state index contributed by atoms with van der Waals surface area (Å²) >= 11 is 0. The second-order valence-electron chi connectivity index (χ2n) is 10.3. The monoisotopic (exact) mass is 394 g/mol. The van der Waals surface area contributed by atoms with Gasteiger partial charge in [-0.25, -0.2) is 0 Å². The van der Waals surface area contributed by atoms with E-state index in [9.17, 15) is 25.2 Å². The number of aliphatic hydroxyl groups excluding tert-OH is 3. The van der Waals surface area contributed by atoms with Crippen LogP contribution >= 0.6 is 0 Å². The van der Waals surface area contributed by atoms with Crippen molar-refractivity contribution >= 4 is 5.78 Å². The Kier molecular flexibility index (Phi) is 3.59. The maximum Gasteiger partial charge on any atom is 0.211 e. The van der Waals surface area contributed by atoms with Gasteiger partial charge in [0.15, 0.2) is 12.1 Å². The summed E-state index contributed by atoms with van der Waals surface area (Å²) in [5.74, 6) is -4.34. The average Bonchev–Trinajstić information content (AvgIpc) is 2.75. The van der Waals surface area contributed by atoms with Crippen LogP contribution in [0.2, 0.25) is 0 Å². The van der Waals surface area contributed by atoms with Crippen LogP contribution in [0.5, 0.6) is 0 Å². The molecule has 4 saturated carbocycles. The van der Waals surface area contributed by atoms with Crippen LogP contribution in [0.4, 0.5) is 0 Å². The standard InChI is InChI=1S/C21H30O7/c1-9-10-5-6-11-19-12(22)7-8-18(2,3)13(19)16(25)21(26,28-17(19)27-4)20(11,14(9)23)15(10)24/h10-13,15-17,22,24-26H,1,5-8H2,2-4H3/t10-,11-,12-,13+,15-,16-,17-,19+,20-,21+/m0/s1. The van der Waals surface area contributed by atoms with Crippen molar-refractivity contribution < 1.29 is 34.7 Å². The van der Waals surface area contributed by atoms with E-state index in [0.29, 0.717) is 25.7 Å². The van der Waals surface area contributed by atoms with Crippen molar-refractivity contribution in [2.45, 2.75) is 69.9 Å². The Balaban J connectivity index is 1.85. The number of carbonyl (C=O) groups is 1. The van der Waals surface area contributed by atoms with Gasteiger partial charge >= 0.3 is 0 Å². The lowest BCUT2D eigenvalue weighted by molar-refractivity contribution is -0.509. The van der Waals surface area contributed by atoms with Crippen LogP contribution in [0.25, 0.3) is 0 Å². The average molecular weight is 394 g/mol. The van der Waals surface area contributed by atoms with E-state index in [0.717, 1.165) is 0 Å². The minimum absolute atomic E-state index is 0.276. The second-order valence-corrected chi connectivity index (χ2v) is 10.3. The van der Waals surface area contributed by atoms with E-state index in [2.05, 4.69) is 6.58 Å². The number of Topliss-reactive ketones (excluding diaryl/α,β-unsaturated/α-hetero) is 1. The normalized spacial score (nSPS) is 59.2. The van der Waals surface area contributed by atoms with E-state index in [1.807, 2.05) is 13.8 Å². The molecule has 7 nitrogen and oxygen atoms in total. The van der Waals surface area contributed by atoms with E-state index in [1.54, 1.807) is 0 Å². The third-order valence-corrected chi connectivity index (χ3v) is 9.12. The van der Waals surface area contributed by atoms with Crippen LogP contribution in [0.1, 0.15) is 39.5 Å². The number of aliphatic hydroxyl groups is 4. The molecular formula is C21H30O7. The molecule has 0 aromatic rings. The second kappa shape index (κ2) is 5.25. The summed E-state index contributed by atoms with van der Waals surface area (Å²) in [6, 6.07) is 0. The zero-order valence-electron chi connectivity index (χ0n) is 16.6. The molecule has 2 heterocycles. The van der Waals surface area contributed by atoms with Gasteiger partial charge in [-0.15, -0.1) is 0 Å². The first-order valence-corrected chi connectivity index (χ1v) is 10.2. The Labute approximate surface area is 164 Å². The molecule has 0 aromatic carbocycles. The number of fused-ring (bicyclic) bond motifs is 2. The van der Waals surface area contributed by atoms with Crippen molar-refractivity contribution in [1.29, 1.82) is 0 Å². The maximum absolute atomic E-state index is 13.5. The highest BCUT2D eigenvalue weighted by atomic mass is 16.8. The Morgan fingerprint density at radius 3 is 2.46 bits per heavy atom. The maximum atomic E-state index is 13.5. The fourth-order valence-electron chi connectivity index (χ4n) is 8.19. The minimum atomic E-state index is -2.30. The molecule has 0 radical (unpaired) electrons. The molecule has 7 heteroatoms. The predicted octanol–water partition coefficient (Wildman–Crippen LogP) is 0.348. The molecule has 156 valence electrons. The van der Waals surface area contributed by atoms with Crippen LogP contribution in [0.3, 0.4) is 0 Å². The number of methoxy groups -OCH3 is 1. The third-order valence-electron chi connectivity index (χ3n) is 9.12. The van der Waals surface area contributed by atoms with E-state index < -0.39 is 70.2 Å². The van der Waals surface area contributed by atoms with Crippen molar-refractivity contribution in [1.82, 2.24) is 0 Å². The van der Waals surface area contributed by atoms with E-state index in [4.69, 9.17) is 9.47 Å². The molecule has 4 N–H and O–H groups in total. The highest BCUT2D eigenvalue weighted by Crippen LogP contribution is 2.77. The van der Waals surface area contributed by atoms with Gasteiger partial charge in [-0.1, -0.05) is 20.4 Å². The molecule has 4 bridgehead atoms. The highest BCUT2D eigenvalue weighted by molar-refractivity contribution is 6.05. The van der Waals surface area contributed by atoms with E-state index in [1.165, 1.54) is 7.11 Å². The fraction of sp³-hybridized carbons (Fsp3) is 0.857. The summed E-state index contributed by atoms with van der Waals surface area (Å²) in [6.07, 6.45) is -2.32.